The van der Waals surface area contributed by atoms with Crippen molar-refractivity contribution in [1.29, 1.82) is 0 Å². The highest BCUT2D eigenvalue weighted by Crippen LogP contribution is 2.34. The van der Waals surface area contributed by atoms with Crippen LogP contribution in [-0.4, -0.2) is 36.9 Å². The monoisotopic (exact) mass is 459 g/mol. The molecule has 0 saturated carbocycles. The highest BCUT2D eigenvalue weighted by Gasteiger charge is 2.40. The van der Waals surface area contributed by atoms with Crippen LogP contribution in [0.5, 0.6) is 0 Å². The van der Waals surface area contributed by atoms with Crippen LogP contribution in [0.1, 0.15) is 5.56 Å². The molecule has 0 fully saturated rings. The Balaban J connectivity index is 1.58. The molecule has 0 atom stereocenters. The fourth-order valence-corrected chi connectivity index (χ4v) is 4.08. The number of halogens is 3. The van der Waals surface area contributed by atoms with Crippen LogP contribution < -0.4 is 9.62 Å². The van der Waals surface area contributed by atoms with Gasteiger partial charge in [-0.3, -0.25) is 14.7 Å². The Hall–Kier alpha value is -3.73. The van der Waals surface area contributed by atoms with Crippen LogP contribution in [0, 0.1) is 0 Å². The van der Waals surface area contributed by atoms with Gasteiger partial charge in [0.05, 0.1) is 22.5 Å². The van der Waals surface area contributed by atoms with Crippen LogP contribution in [0.4, 0.5) is 24.7 Å². The first kappa shape index (κ1) is 21.5. The van der Waals surface area contributed by atoms with Crippen LogP contribution >= 0.6 is 0 Å². The van der Waals surface area contributed by atoms with E-state index in [2.05, 4.69) is 19.7 Å². The van der Waals surface area contributed by atoms with E-state index < -0.39 is 21.9 Å². The summed E-state index contributed by atoms with van der Waals surface area (Å²) in [6, 6.07) is 13.6. The fourth-order valence-electron chi connectivity index (χ4n) is 3.02. The molecular weight excluding hydrogens is 443 g/mol. The van der Waals surface area contributed by atoms with Crippen LogP contribution in [-0.2, 0) is 10.0 Å². The molecule has 1 aromatic carbocycles. The molecule has 0 unspecified atom stereocenters. The van der Waals surface area contributed by atoms with Gasteiger partial charge in [0.25, 0.3) is 10.0 Å². The summed E-state index contributed by atoms with van der Waals surface area (Å²) in [6.45, 7) is -0.308. The van der Waals surface area contributed by atoms with E-state index in [4.69, 9.17) is 0 Å². The predicted octanol–water partition coefficient (Wildman–Crippen LogP) is 3.99. The van der Waals surface area contributed by atoms with Gasteiger partial charge in [0, 0.05) is 18.0 Å². The number of sulfonamides is 1. The van der Waals surface area contributed by atoms with E-state index in [0.29, 0.717) is 5.56 Å². The summed E-state index contributed by atoms with van der Waals surface area (Å²) in [7, 11) is -3.85. The maximum atomic E-state index is 13.8. The van der Waals surface area contributed by atoms with Crippen molar-refractivity contribution in [2.45, 2.75) is 11.1 Å². The Labute approximate surface area is 182 Å². The molecule has 2 aromatic heterocycles. The third-order valence-electron chi connectivity index (χ3n) is 4.52. The zero-order valence-corrected chi connectivity index (χ0v) is 17.2. The van der Waals surface area contributed by atoms with E-state index >= 15 is 0 Å². The Kier molecular flexibility index (Phi) is 5.66. The number of benzene rings is 1. The number of aromatic nitrogens is 2. The minimum atomic E-state index is -4.65. The first-order valence-corrected chi connectivity index (χ1v) is 10.8. The highest BCUT2D eigenvalue weighted by atomic mass is 32.2. The summed E-state index contributed by atoms with van der Waals surface area (Å²) in [5.74, 6) is -0.0229. The fraction of sp³-hybridized carbons (Fsp3) is 0.0952. The lowest BCUT2D eigenvalue weighted by Crippen LogP contribution is -2.36. The Morgan fingerprint density at radius 1 is 0.969 bits per heavy atom. The van der Waals surface area contributed by atoms with Gasteiger partial charge in [-0.15, -0.1) is 0 Å². The normalized spacial score (nSPS) is 14.5. The van der Waals surface area contributed by atoms with Crippen molar-refractivity contribution in [2.75, 3.05) is 16.3 Å². The minimum Gasteiger partial charge on any atom is -0.302 e. The molecule has 3 heterocycles. The van der Waals surface area contributed by atoms with Crippen LogP contribution in [0.2, 0.25) is 0 Å². The maximum Gasteiger partial charge on any atom is 0.431 e. The molecule has 1 N–H and O–H groups in total. The molecular formula is C21H16F3N5O2S. The van der Waals surface area contributed by atoms with Gasteiger partial charge >= 0.3 is 6.18 Å². The molecule has 0 bridgehead atoms. The molecule has 3 aromatic rings. The number of hydrogen-bond acceptors (Lipinski definition) is 6. The zero-order valence-electron chi connectivity index (χ0n) is 16.4. The van der Waals surface area contributed by atoms with Crippen molar-refractivity contribution in [3.05, 3.63) is 90.5 Å². The molecule has 1 aliphatic heterocycles. The smallest absolute Gasteiger partial charge is 0.302 e. The van der Waals surface area contributed by atoms with Gasteiger partial charge in [-0.05, 0) is 42.5 Å². The summed E-state index contributed by atoms with van der Waals surface area (Å²) in [5, 5.41) is 0. The lowest BCUT2D eigenvalue weighted by Gasteiger charge is -2.29. The van der Waals surface area contributed by atoms with Gasteiger partial charge in [0.2, 0.25) is 0 Å². The topological polar surface area (TPSA) is 87.5 Å². The third kappa shape index (κ3) is 4.62. The van der Waals surface area contributed by atoms with Crippen molar-refractivity contribution < 1.29 is 21.6 Å². The summed E-state index contributed by atoms with van der Waals surface area (Å²) >= 11 is 0. The van der Waals surface area contributed by atoms with Crippen molar-refractivity contribution in [3.63, 3.8) is 0 Å². The molecule has 7 nitrogen and oxygen atoms in total. The van der Waals surface area contributed by atoms with Crippen molar-refractivity contribution >= 4 is 27.2 Å². The number of hydrogen-bond donors (Lipinski definition) is 1. The minimum absolute atomic E-state index is 0.0229. The molecule has 32 heavy (non-hydrogen) atoms. The number of nitrogens with zero attached hydrogens (tertiary/aromatic N) is 4. The van der Waals surface area contributed by atoms with Crippen molar-refractivity contribution in [1.82, 2.24) is 9.97 Å². The molecule has 1 aliphatic rings. The number of alkyl halides is 3. The van der Waals surface area contributed by atoms with Crippen LogP contribution in [0.15, 0.2) is 94.8 Å². The second-order valence-corrected chi connectivity index (χ2v) is 8.39. The van der Waals surface area contributed by atoms with E-state index in [-0.39, 0.29) is 28.8 Å². The summed E-state index contributed by atoms with van der Waals surface area (Å²) in [5.41, 5.74) is -0.190. The molecule has 0 aliphatic carbocycles. The maximum absolute atomic E-state index is 13.8. The van der Waals surface area contributed by atoms with Gasteiger partial charge in [0.1, 0.15) is 18.2 Å². The standard InChI is InChI=1S/C21H16F3N5O2S/c22-21(23,24)19-11-18(15-5-4-10-25-12-15)27-14-29(19)20-9-8-16(13-26-20)28-32(30,31)17-6-2-1-3-7-17/h1-13,28H,14H2. The van der Waals surface area contributed by atoms with Crippen LogP contribution in [0.3, 0.4) is 0 Å². The highest BCUT2D eigenvalue weighted by molar-refractivity contribution is 7.92. The third-order valence-corrected chi connectivity index (χ3v) is 5.92. The number of anilines is 2. The van der Waals surface area contributed by atoms with E-state index in [0.717, 1.165) is 17.2 Å². The van der Waals surface area contributed by atoms with Gasteiger partial charge in [-0.2, -0.15) is 13.2 Å². The lowest BCUT2D eigenvalue weighted by molar-refractivity contribution is -0.0934. The molecule has 11 heteroatoms. The van der Waals surface area contributed by atoms with E-state index in [1.54, 1.807) is 30.3 Å². The Morgan fingerprint density at radius 3 is 2.38 bits per heavy atom. The SMILES string of the molecule is O=S(=O)(Nc1ccc(N2CN=C(c3cccnc3)C=C2C(F)(F)F)nc1)c1ccccc1. The first-order chi connectivity index (χ1) is 15.2. The molecule has 4 rings (SSSR count). The number of aliphatic imine (C=N–C) groups is 1. The zero-order chi connectivity index (χ0) is 22.8. The quantitative estimate of drug-likeness (QED) is 0.624. The average Bonchev–Trinajstić information content (AvgIpc) is 2.80. The second kappa shape index (κ2) is 8.42. The van der Waals surface area contributed by atoms with Gasteiger partial charge in [0.15, 0.2) is 0 Å². The number of pyridine rings is 2. The van der Waals surface area contributed by atoms with E-state index in [1.807, 2.05) is 0 Å². The molecule has 0 radical (unpaired) electrons. The molecule has 0 amide bonds. The van der Waals surface area contributed by atoms with Gasteiger partial charge in [-0.1, -0.05) is 18.2 Å². The summed E-state index contributed by atoms with van der Waals surface area (Å²) < 4.78 is 68.4. The average molecular weight is 459 g/mol. The second-order valence-electron chi connectivity index (χ2n) is 6.71. The first-order valence-electron chi connectivity index (χ1n) is 9.29. The molecule has 0 saturated heterocycles. The molecule has 0 spiro atoms. The number of nitrogens with one attached hydrogen (secondary N) is 1. The Bertz CT molecular complexity index is 1260. The van der Waals surface area contributed by atoms with Gasteiger partial charge < -0.3 is 4.90 Å². The Morgan fingerprint density at radius 2 is 1.75 bits per heavy atom. The largest absolute Gasteiger partial charge is 0.431 e. The van der Waals surface area contributed by atoms with Gasteiger partial charge in [-0.25, -0.2) is 13.4 Å². The summed E-state index contributed by atoms with van der Waals surface area (Å²) in [4.78, 5) is 13.1. The molecule has 164 valence electrons. The lowest BCUT2D eigenvalue weighted by atomic mass is 10.1. The van der Waals surface area contributed by atoms with E-state index in [9.17, 15) is 21.6 Å². The van der Waals surface area contributed by atoms with E-state index in [1.165, 1.54) is 36.7 Å². The van der Waals surface area contributed by atoms with Crippen molar-refractivity contribution in [2.24, 2.45) is 4.99 Å². The predicted molar refractivity (Wildman–Crippen MR) is 114 cm³/mol. The number of rotatable bonds is 5. The van der Waals surface area contributed by atoms with Crippen LogP contribution in [0.25, 0.3) is 0 Å². The van der Waals surface area contributed by atoms with Crippen molar-refractivity contribution in [3.8, 4) is 0 Å². The summed E-state index contributed by atoms with van der Waals surface area (Å²) in [6.07, 6.45) is 0.396. The number of allylic oxidation sites excluding steroid dienone is 2.